The van der Waals surface area contributed by atoms with Gasteiger partial charge in [0.25, 0.3) is 11.5 Å². The maximum Gasteiger partial charge on any atom is 0.352 e. The summed E-state index contributed by atoms with van der Waals surface area (Å²) in [5, 5.41) is 4.27. The molecule has 0 unspecified atom stereocenters. The normalized spacial score (nSPS) is 13.9. The fraction of sp³-hybridized carbons (Fsp3) is 0.333. The van der Waals surface area contributed by atoms with Crippen LogP contribution in [0.4, 0.5) is 0 Å². The topological polar surface area (TPSA) is 77.2 Å². The summed E-state index contributed by atoms with van der Waals surface area (Å²) in [6.45, 7) is 5.20. The van der Waals surface area contributed by atoms with E-state index >= 15 is 0 Å². The van der Waals surface area contributed by atoms with Crippen LogP contribution in [0.3, 0.4) is 0 Å². The van der Waals surface area contributed by atoms with Crippen molar-refractivity contribution in [3.05, 3.63) is 91.8 Å². The smallest absolute Gasteiger partial charge is 0.337 e. The van der Waals surface area contributed by atoms with E-state index in [0.29, 0.717) is 18.8 Å². The molecule has 0 bridgehead atoms. The lowest BCUT2D eigenvalue weighted by Crippen LogP contribution is -2.47. The minimum Gasteiger partial charge on any atom is -0.337 e. The lowest BCUT2D eigenvalue weighted by Gasteiger charge is -2.26. The molecule has 4 rings (SSSR count). The first-order valence-corrected chi connectivity index (χ1v) is 10.6. The van der Waals surface area contributed by atoms with Crippen LogP contribution >= 0.6 is 0 Å². The summed E-state index contributed by atoms with van der Waals surface area (Å²) in [6, 6.07) is 14.8. The zero-order valence-electron chi connectivity index (χ0n) is 17.9. The fourth-order valence-corrected chi connectivity index (χ4v) is 3.83. The number of hydrogen-bond acceptors (Lipinski definition) is 4. The second-order valence-corrected chi connectivity index (χ2v) is 8.04. The van der Waals surface area contributed by atoms with E-state index in [1.54, 1.807) is 11.0 Å². The summed E-state index contributed by atoms with van der Waals surface area (Å²) in [5.74, 6) is -0.413. The number of benzene rings is 2. The Labute approximate surface area is 180 Å². The van der Waals surface area contributed by atoms with E-state index in [-0.39, 0.29) is 12.2 Å². The fourth-order valence-electron chi connectivity index (χ4n) is 3.83. The predicted octanol–water partition coefficient (Wildman–Crippen LogP) is 2.69. The Morgan fingerprint density at radius 2 is 1.65 bits per heavy atom. The lowest BCUT2D eigenvalue weighted by molar-refractivity contribution is 0.0712. The van der Waals surface area contributed by atoms with Gasteiger partial charge >= 0.3 is 5.69 Å². The van der Waals surface area contributed by atoms with Gasteiger partial charge in [0.05, 0.1) is 12.2 Å². The zero-order chi connectivity index (χ0) is 22.0. The van der Waals surface area contributed by atoms with E-state index in [1.807, 2.05) is 56.3 Å². The Kier molecular flexibility index (Phi) is 5.84. The molecule has 3 aromatic rings. The van der Waals surface area contributed by atoms with Gasteiger partial charge in [-0.25, -0.2) is 4.79 Å². The Balaban J connectivity index is 1.88. The van der Waals surface area contributed by atoms with Gasteiger partial charge in [0.1, 0.15) is 0 Å². The van der Waals surface area contributed by atoms with Crippen molar-refractivity contribution < 1.29 is 4.79 Å². The van der Waals surface area contributed by atoms with Gasteiger partial charge in [-0.3, -0.25) is 14.2 Å². The van der Waals surface area contributed by atoms with Crippen molar-refractivity contribution in [2.75, 3.05) is 13.1 Å². The zero-order valence-corrected chi connectivity index (χ0v) is 17.9. The average molecular weight is 418 g/mol. The minimum atomic E-state index is -0.649. The van der Waals surface area contributed by atoms with E-state index in [2.05, 4.69) is 5.10 Å². The van der Waals surface area contributed by atoms with Crippen LogP contribution in [0.1, 0.15) is 46.4 Å². The van der Waals surface area contributed by atoms with E-state index in [1.165, 1.54) is 4.68 Å². The van der Waals surface area contributed by atoms with Crippen LogP contribution in [0.2, 0.25) is 0 Å². The third kappa shape index (κ3) is 4.21. The minimum absolute atomic E-state index is 0.0755. The Bertz CT molecular complexity index is 1220. The van der Waals surface area contributed by atoms with Gasteiger partial charge in [0, 0.05) is 13.1 Å². The SMILES string of the molecule is Cc1ccc(-n2nc(C(=O)N3CCCCC3)c(=O)n(Cc3ccccc3)c2=O)cc1C. The van der Waals surface area contributed by atoms with E-state index < -0.39 is 17.2 Å². The van der Waals surface area contributed by atoms with Crippen LogP contribution in [-0.2, 0) is 6.54 Å². The quantitative estimate of drug-likeness (QED) is 0.653. The number of aromatic nitrogens is 3. The number of aryl methyl sites for hydroxylation is 2. The van der Waals surface area contributed by atoms with Crippen molar-refractivity contribution in [2.24, 2.45) is 0 Å². The Morgan fingerprint density at radius 1 is 0.935 bits per heavy atom. The molecule has 0 aliphatic carbocycles. The third-order valence-electron chi connectivity index (χ3n) is 5.82. The highest BCUT2D eigenvalue weighted by atomic mass is 16.2. The second-order valence-electron chi connectivity index (χ2n) is 8.04. The molecule has 1 fully saturated rings. The number of piperidine rings is 1. The van der Waals surface area contributed by atoms with Crippen LogP contribution in [-0.4, -0.2) is 38.2 Å². The lowest BCUT2D eigenvalue weighted by atomic mass is 10.1. The third-order valence-corrected chi connectivity index (χ3v) is 5.82. The van der Waals surface area contributed by atoms with Crippen LogP contribution in [0.15, 0.2) is 58.1 Å². The molecule has 0 radical (unpaired) electrons. The highest BCUT2D eigenvalue weighted by Crippen LogP contribution is 2.13. The largest absolute Gasteiger partial charge is 0.352 e. The molecule has 0 saturated carbocycles. The van der Waals surface area contributed by atoms with Gasteiger partial charge in [0.2, 0.25) is 5.69 Å². The van der Waals surface area contributed by atoms with Crippen molar-refractivity contribution >= 4 is 5.91 Å². The van der Waals surface area contributed by atoms with E-state index in [4.69, 9.17) is 0 Å². The van der Waals surface area contributed by atoms with Crippen molar-refractivity contribution in [1.82, 2.24) is 19.2 Å². The van der Waals surface area contributed by atoms with Gasteiger partial charge in [0.15, 0.2) is 0 Å². The van der Waals surface area contributed by atoms with Crippen LogP contribution in [0.25, 0.3) is 5.69 Å². The molecular formula is C24H26N4O3. The Morgan fingerprint density at radius 3 is 2.32 bits per heavy atom. The Hall–Kier alpha value is -3.48. The second kappa shape index (κ2) is 8.71. The predicted molar refractivity (Wildman–Crippen MR) is 119 cm³/mol. The molecule has 1 aliphatic rings. The summed E-state index contributed by atoms with van der Waals surface area (Å²) in [6.07, 6.45) is 2.87. The monoisotopic (exact) mass is 418 g/mol. The molecule has 1 amide bonds. The molecule has 1 aliphatic heterocycles. The summed E-state index contributed by atoms with van der Waals surface area (Å²) < 4.78 is 2.28. The van der Waals surface area contributed by atoms with Gasteiger partial charge < -0.3 is 4.90 Å². The molecule has 0 spiro atoms. The van der Waals surface area contributed by atoms with E-state index in [9.17, 15) is 14.4 Å². The molecule has 2 heterocycles. The number of hydrogen-bond donors (Lipinski definition) is 0. The molecule has 160 valence electrons. The first kappa shape index (κ1) is 20.8. The summed E-state index contributed by atoms with van der Waals surface area (Å²) >= 11 is 0. The van der Waals surface area contributed by atoms with Crippen molar-refractivity contribution in [3.8, 4) is 5.69 Å². The van der Waals surface area contributed by atoms with Gasteiger partial charge in [-0.1, -0.05) is 36.4 Å². The van der Waals surface area contributed by atoms with Gasteiger partial charge in [-0.05, 0) is 61.9 Å². The summed E-state index contributed by atoms with van der Waals surface area (Å²) in [5.41, 5.74) is 1.99. The molecule has 0 N–H and O–H groups in total. The van der Waals surface area contributed by atoms with Crippen molar-refractivity contribution in [1.29, 1.82) is 0 Å². The molecular weight excluding hydrogens is 392 g/mol. The highest BCUT2D eigenvalue weighted by molar-refractivity contribution is 5.91. The molecule has 7 heteroatoms. The molecule has 1 aromatic heterocycles. The highest BCUT2D eigenvalue weighted by Gasteiger charge is 2.26. The molecule has 0 atom stereocenters. The first-order chi connectivity index (χ1) is 15.0. The maximum absolute atomic E-state index is 13.3. The average Bonchev–Trinajstić information content (AvgIpc) is 2.79. The molecule has 31 heavy (non-hydrogen) atoms. The van der Waals surface area contributed by atoms with Crippen LogP contribution in [0.5, 0.6) is 0 Å². The standard InChI is InChI=1S/C24H26N4O3/c1-17-11-12-20(15-18(17)2)28-24(31)27(16-19-9-5-3-6-10-19)23(30)21(25-28)22(29)26-13-7-4-8-14-26/h3,5-6,9-12,15H,4,7-8,13-14,16H2,1-2H3. The first-order valence-electron chi connectivity index (χ1n) is 10.6. The number of rotatable bonds is 4. The van der Waals surface area contributed by atoms with Gasteiger partial charge in [-0.2, -0.15) is 9.78 Å². The summed E-state index contributed by atoms with van der Waals surface area (Å²) in [4.78, 5) is 41.3. The van der Waals surface area contributed by atoms with E-state index in [0.717, 1.165) is 40.5 Å². The van der Waals surface area contributed by atoms with Crippen LogP contribution < -0.4 is 11.2 Å². The molecule has 2 aromatic carbocycles. The summed E-state index contributed by atoms with van der Waals surface area (Å²) in [7, 11) is 0. The van der Waals surface area contributed by atoms with Gasteiger partial charge in [-0.15, -0.1) is 0 Å². The van der Waals surface area contributed by atoms with Crippen molar-refractivity contribution in [2.45, 2.75) is 39.7 Å². The number of likely N-dealkylation sites (tertiary alicyclic amines) is 1. The number of carbonyl (C=O) groups is 1. The maximum atomic E-state index is 13.3. The molecule has 1 saturated heterocycles. The van der Waals surface area contributed by atoms with Crippen LogP contribution in [0, 0.1) is 13.8 Å². The van der Waals surface area contributed by atoms with Crippen molar-refractivity contribution in [3.63, 3.8) is 0 Å². The molecule has 7 nitrogen and oxygen atoms in total. The number of carbonyl (C=O) groups excluding carboxylic acids is 1. The number of amides is 1. The number of nitrogens with zero attached hydrogens (tertiary/aromatic N) is 4.